The Labute approximate surface area is 178 Å². The number of nitrogens with zero attached hydrogens (tertiary/aromatic N) is 2. The van der Waals surface area contributed by atoms with Gasteiger partial charge in [-0.3, -0.25) is 4.79 Å². The van der Waals surface area contributed by atoms with E-state index in [-0.39, 0.29) is 12.2 Å². The Morgan fingerprint density at radius 2 is 1.66 bits per heavy atom. The summed E-state index contributed by atoms with van der Waals surface area (Å²) in [4.78, 5) is 12.6. The van der Waals surface area contributed by atoms with Gasteiger partial charge in [0.2, 0.25) is 0 Å². The lowest BCUT2D eigenvalue weighted by Gasteiger charge is -2.33. The molecule has 1 aromatic heterocycles. The van der Waals surface area contributed by atoms with Crippen LogP contribution in [0.15, 0.2) is 60.7 Å². The van der Waals surface area contributed by atoms with Crippen LogP contribution in [0, 0.1) is 0 Å². The summed E-state index contributed by atoms with van der Waals surface area (Å²) in [7, 11) is 0. The molecule has 0 fully saturated rings. The summed E-state index contributed by atoms with van der Waals surface area (Å²) in [5, 5.41) is 8.78. The van der Waals surface area contributed by atoms with Crippen LogP contribution in [0.4, 0.5) is 37.8 Å². The summed E-state index contributed by atoms with van der Waals surface area (Å²) in [5.74, 6) is -1.11. The van der Waals surface area contributed by atoms with Crippen molar-refractivity contribution in [3.8, 4) is 0 Å². The highest BCUT2D eigenvalue weighted by molar-refractivity contribution is 6.03. The number of benzene rings is 2. The Morgan fingerprint density at radius 3 is 2.31 bits per heavy atom. The van der Waals surface area contributed by atoms with Crippen molar-refractivity contribution < 1.29 is 31.1 Å². The fourth-order valence-corrected chi connectivity index (χ4v) is 3.61. The number of nitrogens with one attached hydrogen (secondary N) is 2. The first-order valence-electron chi connectivity index (χ1n) is 9.49. The monoisotopic (exact) mass is 454 g/mol. The van der Waals surface area contributed by atoms with Crippen LogP contribution in [0.5, 0.6) is 0 Å². The molecule has 0 saturated heterocycles. The van der Waals surface area contributed by atoms with E-state index in [4.69, 9.17) is 0 Å². The van der Waals surface area contributed by atoms with Gasteiger partial charge in [-0.2, -0.15) is 31.4 Å². The van der Waals surface area contributed by atoms with Crippen LogP contribution in [0.3, 0.4) is 0 Å². The fourth-order valence-electron chi connectivity index (χ4n) is 3.61. The minimum atomic E-state index is -4.72. The number of anilines is 2. The van der Waals surface area contributed by atoms with Gasteiger partial charge in [0.05, 0.1) is 17.3 Å². The number of aromatic nitrogens is 2. The van der Waals surface area contributed by atoms with E-state index in [2.05, 4.69) is 15.7 Å². The molecule has 0 radical (unpaired) electrons. The zero-order chi connectivity index (χ0) is 23.1. The molecule has 1 aliphatic rings. The zero-order valence-corrected chi connectivity index (χ0v) is 16.2. The van der Waals surface area contributed by atoms with E-state index in [9.17, 15) is 31.1 Å². The maximum absolute atomic E-state index is 13.7. The van der Waals surface area contributed by atoms with Gasteiger partial charge in [0.15, 0.2) is 11.7 Å². The first kappa shape index (κ1) is 21.7. The van der Waals surface area contributed by atoms with Gasteiger partial charge in [-0.15, -0.1) is 0 Å². The molecule has 0 bridgehead atoms. The molecule has 4 rings (SSSR count). The Kier molecular flexibility index (Phi) is 5.35. The Balaban J connectivity index is 1.65. The third-order valence-corrected chi connectivity index (χ3v) is 5.11. The van der Waals surface area contributed by atoms with Gasteiger partial charge in [0.25, 0.3) is 5.91 Å². The first-order chi connectivity index (χ1) is 15.0. The Bertz CT molecular complexity index is 1120. The van der Waals surface area contributed by atoms with Crippen LogP contribution >= 0.6 is 0 Å². The van der Waals surface area contributed by atoms with Crippen LogP contribution in [0.1, 0.15) is 40.1 Å². The number of amides is 1. The molecule has 5 nitrogen and oxygen atoms in total. The average Bonchev–Trinajstić information content (AvgIpc) is 3.17. The van der Waals surface area contributed by atoms with Crippen molar-refractivity contribution in [1.82, 2.24) is 9.78 Å². The number of halogens is 6. The van der Waals surface area contributed by atoms with Gasteiger partial charge >= 0.3 is 12.4 Å². The van der Waals surface area contributed by atoms with Gasteiger partial charge in [0, 0.05) is 12.5 Å². The van der Waals surface area contributed by atoms with Crippen LogP contribution in [-0.2, 0) is 6.18 Å². The minimum absolute atomic E-state index is 0.0540. The first-order valence-corrected chi connectivity index (χ1v) is 9.49. The summed E-state index contributed by atoms with van der Waals surface area (Å²) in [6, 6.07) is 11.2. The van der Waals surface area contributed by atoms with Gasteiger partial charge < -0.3 is 10.6 Å². The SMILES string of the molecule is O=C(Nc1ccccc1C(F)(F)F)c1cc2n(n1)C(C(F)(F)F)CC(c1ccccc1)N2. The molecule has 3 aromatic rings. The van der Waals surface area contributed by atoms with Crippen LogP contribution < -0.4 is 10.6 Å². The molecule has 2 atom stereocenters. The molecule has 0 saturated carbocycles. The molecule has 2 unspecified atom stereocenters. The van der Waals surface area contributed by atoms with Crippen LogP contribution in [0.25, 0.3) is 0 Å². The molecule has 1 amide bonds. The largest absolute Gasteiger partial charge is 0.418 e. The highest BCUT2D eigenvalue weighted by atomic mass is 19.4. The average molecular weight is 454 g/mol. The summed E-state index contributed by atoms with van der Waals surface area (Å²) in [5.41, 5.74) is -1.40. The van der Waals surface area contributed by atoms with E-state index in [1.165, 1.54) is 6.07 Å². The molecule has 0 spiro atoms. The maximum Gasteiger partial charge on any atom is 0.418 e. The molecular weight excluding hydrogens is 438 g/mol. The number of para-hydroxylation sites is 1. The molecule has 168 valence electrons. The predicted molar refractivity (Wildman–Crippen MR) is 104 cm³/mol. The van der Waals surface area contributed by atoms with Gasteiger partial charge in [-0.05, 0) is 17.7 Å². The molecule has 1 aliphatic heterocycles. The zero-order valence-electron chi connectivity index (χ0n) is 16.2. The van der Waals surface area contributed by atoms with Crippen molar-refractivity contribution in [2.45, 2.75) is 30.9 Å². The Morgan fingerprint density at radius 1 is 1.00 bits per heavy atom. The number of carbonyl (C=O) groups excluding carboxylic acids is 1. The van der Waals surface area contributed by atoms with E-state index in [1.54, 1.807) is 30.3 Å². The number of carbonyl (C=O) groups is 1. The fraction of sp³-hybridized carbons (Fsp3) is 0.238. The van der Waals surface area contributed by atoms with E-state index in [0.717, 1.165) is 24.3 Å². The number of rotatable bonds is 3. The van der Waals surface area contributed by atoms with E-state index >= 15 is 0 Å². The van der Waals surface area contributed by atoms with Crippen molar-refractivity contribution in [3.63, 3.8) is 0 Å². The molecule has 2 aromatic carbocycles. The standard InChI is InChI=1S/C21H16F6N4O/c22-20(23,24)13-8-4-5-9-14(13)29-19(32)16-11-18-28-15(12-6-2-1-3-7-12)10-17(21(25,26)27)31(18)30-16/h1-9,11,15,17,28H,10H2,(H,29,32). The van der Waals surface area contributed by atoms with E-state index in [1.807, 2.05) is 0 Å². The van der Waals surface area contributed by atoms with Crippen LogP contribution in [-0.4, -0.2) is 21.9 Å². The summed E-state index contributed by atoms with van der Waals surface area (Å²) < 4.78 is 81.4. The number of hydrogen-bond acceptors (Lipinski definition) is 3. The molecule has 32 heavy (non-hydrogen) atoms. The topological polar surface area (TPSA) is 59.0 Å². The molecular formula is C21H16F6N4O. The second-order valence-electron chi connectivity index (χ2n) is 7.26. The third kappa shape index (κ3) is 4.27. The number of hydrogen-bond donors (Lipinski definition) is 2. The van der Waals surface area contributed by atoms with Gasteiger partial charge in [0.1, 0.15) is 5.82 Å². The normalized spacial score (nSPS) is 18.6. The van der Waals surface area contributed by atoms with Gasteiger partial charge in [-0.1, -0.05) is 42.5 Å². The van der Waals surface area contributed by atoms with Gasteiger partial charge in [-0.25, -0.2) is 4.68 Å². The van der Waals surface area contributed by atoms with E-state index < -0.39 is 47.3 Å². The lowest BCUT2D eigenvalue weighted by molar-refractivity contribution is -0.173. The number of fused-ring (bicyclic) bond motifs is 1. The smallest absolute Gasteiger partial charge is 0.363 e. The second-order valence-corrected chi connectivity index (χ2v) is 7.26. The third-order valence-electron chi connectivity index (χ3n) is 5.11. The van der Waals surface area contributed by atoms with Crippen LogP contribution in [0.2, 0.25) is 0 Å². The van der Waals surface area contributed by atoms with E-state index in [0.29, 0.717) is 10.2 Å². The van der Waals surface area contributed by atoms with Crippen molar-refractivity contribution in [2.75, 3.05) is 10.6 Å². The summed E-state index contributed by atoms with van der Waals surface area (Å²) >= 11 is 0. The van der Waals surface area contributed by atoms with Crippen molar-refractivity contribution in [1.29, 1.82) is 0 Å². The quantitative estimate of drug-likeness (QED) is 0.491. The minimum Gasteiger partial charge on any atom is -0.363 e. The van der Waals surface area contributed by atoms with Crippen molar-refractivity contribution in [2.24, 2.45) is 0 Å². The summed E-state index contributed by atoms with van der Waals surface area (Å²) in [6.45, 7) is 0. The molecule has 0 aliphatic carbocycles. The lowest BCUT2D eigenvalue weighted by atomic mass is 9.97. The second kappa shape index (κ2) is 7.88. The molecule has 11 heteroatoms. The van der Waals surface area contributed by atoms with Crippen molar-refractivity contribution in [3.05, 3.63) is 77.5 Å². The maximum atomic E-state index is 13.7. The van der Waals surface area contributed by atoms with Crippen molar-refractivity contribution >= 4 is 17.4 Å². The predicted octanol–water partition coefficient (Wildman–Crippen LogP) is 5.81. The lowest BCUT2D eigenvalue weighted by Crippen LogP contribution is -2.35. The summed E-state index contributed by atoms with van der Waals surface area (Å²) in [6.07, 6.45) is -9.73. The molecule has 2 N–H and O–H groups in total. The number of alkyl halides is 6. The highest BCUT2D eigenvalue weighted by Gasteiger charge is 2.47. The molecule has 2 heterocycles. The highest BCUT2D eigenvalue weighted by Crippen LogP contribution is 2.43. The Hall–Kier alpha value is -3.50.